The van der Waals surface area contributed by atoms with Crippen LogP contribution in [0.5, 0.6) is 5.88 Å². The molecule has 4 heteroatoms. The Labute approximate surface area is 119 Å². The Bertz CT molecular complexity index is 397. The second-order valence-electron chi connectivity index (χ2n) is 4.93. The van der Waals surface area contributed by atoms with Gasteiger partial charge in [-0.25, -0.2) is 4.98 Å². The summed E-state index contributed by atoms with van der Waals surface area (Å²) in [7, 11) is 0. The predicted octanol–water partition coefficient (Wildman–Crippen LogP) is 4.82. The molecular weight excluding hydrogens is 269 g/mol. The first kappa shape index (κ1) is 14.0. The molecule has 1 heterocycles. The maximum atomic E-state index is 5.98. The molecule has 1 saturated carbocycles. The summed E-state index contributed by atoms with van der Waals surface area (Å²) < 4.78 is 5.96. The Hall–Kier alpha value is -0.470. The molecule has 0 aliphatic heterocycles. The molecule has 1 aliphatic carbocycles. The summed E-state index contributed by atoms with van der Waals surface area (Å²) >= 11 is 11.8. The van der Waals surface area contributed by atoms with Gasteiger partial charge in [0.2, 0.25) is 5.88 Å². The third kappa shape index (κ3) is 3.52. The normalized spacial score (nSPS) is 23.9. The molecule has 2 nitrogen and oxygen atoms in total. The van der Waals surface area contributed by atoms with E-state index in [2.05, 4.69) is 11.9 Å². The minimum absolute atomic E-state index is 0.292. The van der Waals surface area contributed by atoms with E-state index in [1.165, 1.54) is 19.3 Å². The van der Waals surface area contributed by atoms with Crippen LogP contribution in [0.3, 0.4) is 0 Å². The zero-order valence-corrected chi connectivity index (χ0v) is 12.2. The quantitative estimate of drug-likeness (QED) is 0.741. The number of pyridine rings is 1. The minimum atomic E-state index is 0.292. The number of hydrogen-bond donors (Lipinski definition) is 0. The molecule has 0 saturated heterocycles. The first-order valence-electron chi connectivity index (χ1n) is 6.60. The van der Waals surface area contributed by atoms with Crippen LogP contribution in [0.25, 0.3) is 0 Å². The lowest BCUT2D eigenvalue weighted by atomic mass is 9.85. The summed E-state index contributed by atoms with van der Waals surface area (Å²) in [6.07, 6.45) is 7.99. The molecule has 100 valence electrons. The maximum Gasteiger partial charge on any atom is 0.213 e. The maximum absolute atomic E-state index is 5.98. The minimum Gasteiger partial charge on any atom is -0.474 e. The van der Waals surface area contributed by atoms with Gasteiger partial charge in [0.05, 0.1) is 5.02 Å². The van der Waals surface area contributed by atoms with E-state index in [1.807, 2.05) is 6.07 Å². The SMILES string of the molecule is CCC1CCCC(Oc2cc(CCl)c(Cl)cn2)C1. The average Bonchev–Trinajstić information content (AvgIpc) is 2.41. The summed E-state index contributed by atoms with van der Waals surface area (Å²) in [4.78, 5) is 4.22. The molecule has 1 aliphatic rings. The third-order valence-corrected chi connectivity index (χ3v) is 4.28. The Balaban J connectivity index is 2.00. The van der Waals surface area contributed by atoms with Crippen LogP contribution in [0.15, 0.2) is 12.3 Å². The summed E-state index contributed by atoms with van der Waals surface area (Å²) in [5.74, 6) is 1.83. The Morgan fingerprint density at radius 1 is 1.44 bits per heavy atom. The number of nitrogens with zero attached hydrogens (tertiary/aromatic N) is 1. The van der Waals surface area contributed by atoms with Crippen molar-refractivity contribution in [3.05, 3.63) is 22.8 Å². The van der Waals surface area contributed by atoms with E-state index in [0.717, 1.165) is 24.3 Å². The topological polar surface area (TPSA) is 22.1 Å². The number of ether oxygens (including phenoxy) is 1. The van der Waals surface area contributed by atoms with Gasteiger partial charge in [0.25, 0.3) is 0 Å². The van der Waals surface area contributed by atoms with Crippen molar-refractivity contribution in [1.82, 2.24) is 4.98 Å². The fourth-order valence-electron chi connectivity index (χ4n) is 2.52. The molecule has 1 aromatic rings. The lowest BCUT2D eigenvalue weighted by Gasteiger charge is -2.28. The van der Waals surface area contributed by atoms with E-state index >= 15 is 0 Å². The molecule has 0 aromatic carbocycles. The number of alkyl halides is 1. The zero-order valence-electron chi connectivity index (χ0n) is 10.7. The fraction of sp³-hybridized carbons (Fsp3) is 0.643. The highest BCUT2D eigenvalue weighted by molar-refractivity contribution is 6.32. The van der Waals surface area contributed by atoms with E-state index in [4.69, 9.17) is 27.9 Å². The first-order chi connectivity index (χ1) is 8.72. The second kappa shape index (κ2) is 6.63. The zero-order chi connectivity index (χ0) is 13.0. The standard InChI is InChI=1S/C14H19Cl2NO/c1-2-10-4-3-5-12(6-10)18-14-7-11(8-15)13(16)9-17-14/h7,9-10,12H,2-6,8H2,1H3. The smallest absolute Gasteiger partial charge is 0.213 e. The molecule has 1 aromatic heterocycles. The third-order valence-electron chi connectivity index (χ3n) is 3.65. The summed E-state index contributed by atoms with van der Waals surface area (Å²) in [6.45, 7) is 2.25. The van der Waals surface area contributed by atoms with Crippen molar-refractivity contribution in [2.24, 2.45) is 5.92 Å². The lowest BCUT2D eigenvalue weighted by Crippen LogP contribution is -2.25. The van der Waals surface area contributed by atoms with Gasteiger partial charge >= 0.3 is 0 Å². The van der Waals surface area contributed by atoms with Crippen molar-refractivity contribution in [2.75, 3.05) is 0 Å². The first-order valence-corrected chi connectivity index (χ1v) is 7.51. The summed E-state index contributed by atoms with van der Waals surface area (Å²) in [5, 5.41) is 0.604. The van der Waals surface area contributed by atoms with Gasteiger partial charge in [-0.1, -0.05) is 31.4 Å². The highest BCUT2D eigenvalue weighted by Crippen LogP contribution is 2.30. The van der Waals surface area contributed by atoms with E-state index in [9.17, 15) is 0 Å². The molecule has 0 bridgehead atoms. The largest absolute Gasteiger partial charge is 0.474 e. The molecule has 0 spiro atoms. The van der Waals surface area contributed by atoms with Gasteiger partial charge in [-0.2, -0.15) is 0 Å². The Morgan fingerprint density at radius 2 is 2.28 bits per heavy atom. The number of hydrogen-bond acceptors (Lipinski definition) is 2. The van der Waals surface area contributed by atoms with Crippen LogP contribution in [0.2, 0.25) is 5.02 Å². The van der Waals surface area contributed by atoms with Crippen LogP contribution < -0.4 is 4.74 Å². The van der Waals surface area contributed by atoms with E-state index in [1.54, 1.807) is 6.20 Å². The van der Waals surface area contributed by atoms with Gasteiger partial charge in [0.15, 0.2) is 0 Å². The van der Waals surface area contributed by atoms with Gasteiger partial charge in [0, 0.05) is 18.1 Å². The van der Waals surface area contributed by atoms with E-state index < -0.39 is 0 Å². The van der Waals surface area contributed by atoms with Crippen molar-refractivity contribution in [3.8, 4) is 5.88 Å². The molecule has 2 unspecified atom stereocenters. The molecular formula is C14H19Cl2NO. The molecule has 18 heavy (non-hydrogen) atoms. The number of aromatic nitrogens is 1. The highest BCUT2D eigenvalue weighted by Gasteiger charge is 2.22. The van der Waals surface area contributed by atoms with Crippen molar-refractivity contribution < 1.29 is 4.74 Å². The molecule has 0 N–H and O–H groups in total. The number of rotatable bonds is 4. The predicted molar refractivity (Wildman–Crippen MR) is 75.5 cm³/mol. The number of halogens is 2. The van der Waals surface area contributed by atoms with Crippen molar-refractivity contribution in [2.45, 2.75) is 51.0 Å². The average molecular weight is 288 g/mol. The highest BCUT2D eigenvalue weighted by atomic mass is 35.5. The van der Waals surface area contributed by atoms with Crippen molar-refractivity contribution in [3.63, 3.8) is 0 Å². The summed E-state index contributed by atoms with van der Waals surface area (Å²) in [6, 6.07) is 1.85. The fourth-order valence-corrected chi connectivity index (χ4v) is 2.98. The van der Waals surface area contributed by atoms with Crippen LogP contribution >= 0.6 is 23.2 Å². The molecule has 1 fully saturated rings. The van der Waals surface area contributed by atoms with Crippen LogP contribution in [0, 0.1) is 5.92 Å². The summed E-state index contributed by atoms with van der Waals surface area (Å²) in [5.41, 5.74) is 0.881. The van der Waals surface area contributed by atoms with Crippen LogP contribution in [0.4, 0.5) is 0 Å². The van der Waals surface area contributed by atoms with Gasteiger partial charge < -0.3 is 4.74 Å². The molecule has 2 atom stereocenters. The molecule has 0 amide bonds. The lowest BCUT2D eigenvalue weighted by molar-refractivity contribution is 0.117. The van der Waals surface area contributed by atoms with Gasteiger partial charge in [-0.05, 0) is 30.7 Å². The van der Waals surface area contributed by atoms with Crippen LogP contribution in [0.1, 0.15) is 44.6 Å². The molecule has 2 rings (SSSR count). The van der Waals surface area contributed by atoms with Crippen molar-refractivity contribution >= 4 is 23.2 Å². The van der Waals surface area contributed by atoms with Gasteiger partial charge in [-0.15, -0.1) is 11.6 Å². The van der Waals surface area contributed by atoms with E-state index in [-0.39, 0.29) is 0 Å². The molecule has 0 radical (unpaired) electrons. The van der Waals surface area contributed by atoms with Gasteiger partial charge in [0.1, 0.15) is 6.10 Å². The Morgan fingerprint density at radius 3 is 3.00 bits per heavy atom. The van der Waals surface area contributed by atoms with Crippen LogP contribution in [-0.2, 0) is 5.88 Å². The van der Waals surface area contributed by atoms with E-state index in [0.29, 0.717) is 22.9 Å². The second-order valence-corrected chi connectivity index (χ2v) is 5.60. The van der Waals surface area contributed by atoms with Crippen molar-refractivity contribution in [1.29, 1.82) is 0 Å². The monoisotopic (exact) mass is 287 g/mol. The Kier molecular flexibility index (Phi) is 5.13. The van der Waals surface area contributed by atoms with Crippen LogP contribution in [-0.4, -0.2) is 11.1 Å². The van der Waals surface area contributed by atoms with Gasteiger partial charge in [-0.3, -0.25) is 0 Å².